The van der Waals surface area contributed by atoms with Crippen LogP contribution in [0.25, 0.3) is 16.5 Å². The molecule has 0 bridgehead atoms. The number of H-pyrrole nitrogens is 1. The monoisotopic (exact) mass is 356 g/mol. The number of aromatic amines is 1. The summed E-state index contributed by atoms with van der Waals surface area (Å²) in [6.45, 7) is 1.55. The van der Waals surface area contributed by atoms with Gasteiger partial charge < -0.3 is 9.88 Å². The number of hydrogen-bond acceptors (Lipinski definition) is 1. The first-order chi connectivity index (χ1) is 12.2. The molecule has 1 aliphatic heterocycles. The number of nitrogens with one attached hydrogen (secondary N) is 1. The number of rotatable bonds is 3. The van der Waals surface area contributed by atoms with Crippen LogP contribution >= 0.6 is 11.6 Å². The highest BCUT2D eigenvalue weighted by Gasteiger charge is 2.23. The summed E-state index contributed by atoms with van der Waals surface area (Å²) < 4.78 is 0. The van der Waals surface area contributed by atoms with Crippen molar-refractivity contribution in [3.63, 3.8) is 0 Å². The van der Waals surface area contributed by atoms with Crippen molar-refractivity contribution in [2.75, 3.05) is 13.1 Å². The second-order valence-corrected chi connectivity index (χ2v) is 7.80. The molecule has 0 atom stereocenters. The van der Waals surface area contributed by atoms with E-state index in [-0.39, 0.29) is 0 Å². The lowest BCUT2D eigenvalue weighted by Gasteiger charge is -2.29. The number of hydrogen-bond donors (Lipinski definition) is 1. The highest BCUT2D eigenvalue weighted by atomic mass is 35.5. The third-order valence-corrected chi connectivity index (χ3v) is 6.08. The van der Waals surface area contributed by atoms with Gasteiger partial charge in [0.05, 0.1) is 10.5 Å². The van der Waals surface area contributed by atoms with E-state index >= 15 is 0 Å². The molecule has 4 rings (SSSR count). The van der Waals surface area contributed by atoms with E-state index < -0.39 is 0 Å². The van der Waals surface area contributed by atoms with E-state index in [0.717, 1.165) is 36.5 Å². The Morgan fingerprint density at radius 2 is 2.08 bits per heavy atom. The Morgan fingerprint density at radius 3 is 2.84 bits per heavy atom. The van der Waals surface area contributed by atoms with Crippen LogP contribution in [0.4, 0.5) is 0 Å². The summed E-state index contributed by atoms with van der Waals surface area (Å²) in [5, 5.41) is 1.92. The van der Waals surface area contributed by atoms with Gasteiger partial charge in [-0.05, 0) is 36.8 Å². The molecule has 2 aliphatic rings. The first-order valence-electron chi connectivity index (χ1n) is 9.45. The number of para-hydroxylation sites is 1. The zero-order valence-electron chi connectivity index (χ0n) is 14.6. The summed E-state index contributed by atoms with van der Waals surface area (Å²) in [5.41, 5.74) is 3.53. The van der Waals surface area contributed by atoms with Gasteiger partial charge in [0.15, 0.2) is 0 Å². The molecule has 1 N–H and O–H groups in total. The molecule has 0 radical (unpaired) electrons. The molecule has 1 saturated carbocycles. The maximum Gasteiger partial charge on any atom is 0.223 e. The fourth-order valence-electron chi connectivity index (χ4n) is 4.29. The van der Waals surface area contributed by atoms with E-state index in [2.05, 4.69) is 17.1 Å². The van der Waals surface area contributed by atoms with E-state index in [1.165, 1.54) is 48.6 Å². The van der Waals surface area contributed by atoms with Gasteiger partial charge in [0.1, 0.15) is 0 Å². The number of fused-ring (bicyclic) bond motifs is 1. The zero-order valence-corrected chi connectivity index (χ0v) is 15.3. The fraction of sp³-hybridized carbons (Fsp3) is 0.476. The number of aromatic nitrogens is 1. The molecule has 1 amide bonds. The van der Waals surface area contributed by atoms with Gasteiger partial charge in [-0.15, -0.1) is 0 Å². The number of carbonyl (C=O) groups is 1. The van der Waals surface area contributed by atoms with Crippen molar-refractivity contribution in [1.82, 2.24) is 9.88 Å². The van der Waals surface area contributed by atoms with Crippen molar-refractivity contribution in [3.05, 3.63) is 41.1 Å². The van der Waals surface area contributed by atoms with Crippen LogP contribution in [0, 0.1) is 5.92 Å². The number of benzene rings is 1. The predicted octanol–water partition coefficient (Wildman–Crippen LogP) is 5.41. The Morgan fingerprint density at radius 1 is 1.24 bits per heavy atom. The quantitative estimate of drug-likeness (QED) is 0.784. The van der Waals surface area contributed by atoms with Gasteiger partial charge in [-0.2, -0.15) is 0 Å². The minimum Gasteiger partial charge on any atom is -0.359 e. The average molecular weight is 357 g/mol. The first-order valence-corrected chi connectivity index (χ1v) is 9.83. The molecule has 2 aromatic rings. The molecule has 0 unspecified atom stereocenters. The lowest BCUT2D eigenvalue weighted by Crippen LogP contribution is -2.35. The van der Waals surface area contributed by atoms with Gasteiger partial charge >= 0.3 is 0 Å². The number of carbonyl (C=O) groups excluding carboxylic acids is 1. The van der Waals surface area contributed by atoms with Crippen molar-refractivity contribution >= 4 is 34.0 Å². The molecule has 3 nitrogen and oxygen atoms in total. The lowest BCUT2D eigenvalue weighted by atomic mass is 9.86. The zero-order chi connectivity index (χ0) is 17.2. The Labute approximate surface area is 154 Å². The van der Waals surface area contributed by atoms with E-state index in [1.807, 2.05) is 23.2 Å². The van der Waals surface area contributed by atoms with Gasteiger partial charge in [-0.1, -0.05) is 49.1 Å². The molecule has 1 aromatic heterocycles. The molecule has 1 aliphatic carbocycles. The van der Waals surface area contributed by atoms with Gasteiger partial charge in [0.25, 0.3) is 0 Å². The molecule has 1 aromatic carbocycles. The summed E-state index contributed by atoms with van der Waals surface area (Å²) in [6.07, 6.45) is 12.3. The van der Waals surface area contributed by atoms with E-state index in [4.69, 9.17) is 11.6 Å². The Hall–Kier alpha value is -1.74. The molecule has 2 heterocycles. The highest BCUT2D eigenvalue weighted by molar-refractivity contribution is 6.35. The van der Waals surface area contributed by atoms with E-state index in [0.29, 0.717) is 11.8 Å². The topological polar surface area (TPSA) is 36.1 Å². The van der Waals surface area contributed by atoms with Gasteiger partial charge in [0.2, 0.25) is 5.91 Å². The Kier molecular flexibility index (Phi) is 4.85. The minimum atomic E-state index is 0.337. The van der Waals surface area contributed by atoms with Crippen molar-refractivity contribution in [2.45, 2.75) is 44.9 Å². The number of nitrogens with zero attached hydrogens (tertiary/aromatic N) is 1. The molecule has 132 valence electrons. The normalized spacial score (nSPS) is 19.2. The molecule has 0 spiro atoms. The van der Waals surface area contributed by atoms with Crippen LogP contribution in [0.15, 0.2) is 30.5 Å². The standard InChI is InChI=1S/C21H25ClN2O/c22-19-8-4-7-17-18(14-23-21(17)19)16-9-11-24(12-10-16)20(25)13-15-5-2-1-3-6-15/h4,7-9,14-15,23H,1-3,5-6,10-13H2. The predicted molar refractivity (Wildman–Crippen MR) is 104 cm³/mol. The first kappa shape index (κ1) is 16.7. The SMILES string of the molecule is O=C(CC1CCCCC1)N1CC=C(c2c[nH]c3c(Cl)cccc23)CC1. The van der Waals surface area contributed by atoms with Gasteiger partial charge in [-0.3, -0.25) is 4.79 Å². The maximum absolute atomic E-state index is 12.6. The van der Waals surface area contributed by atoms with Crippen LogP contribution in [0.1, 0.15) is 50.5 Å². The van der Waals surface area contributed by atoms with Crippen LogP contribution in [-0.4, -0.2) is 28.9 Å². The fourth-order valence-corrected chi connectivity index (χ4v) is 4.52. The van der Waals surface area contributed by atoms with Crippen LogP contribution in [0.2, 0.25) is 5.02 Å². The Bertz CT molecular complexity index is 801. The van der Waals surface area contributed by atoms with Crippen molar-refractivity contribution in [1.29, 1.82) is 0 Å². The summed E-state index contributed by atoms with van der Waals surface area (Å²) >= 11 is 6.26. The molecule has 0 saturated heterocycles. The molecular weight excluding hydrogens is 332 g/mol. The average Bonchev–Trinajstić information content (AvgIpc) is 3.08. The number of amides is 1. The van der Waals surface area contributed by atoms with E-state index in [9.17, 15) is 4.79 Å². The minimum absolute atomic E-state index is 0.337. The third-order valence-electron chi connectivity index (χ3n) is 5.76. The van der Waals surface area contributed by atoms with Crippen LogP contribution in [0.3, 0.4) is 0 Å². The molecular formula is C21H25ClN2O. The second-order valence-electron chi connectivity index (χ2n) is 7.39. The van der Waals surface area contributed by atoms with Crippen LogP contribution in [0.5, 0.6) is 0 Å². The van der Waals surface area contributed by atoms with Gasteiger partial charge in [0, 0.05) is 36.7 Å². The smallest absolute Gasteiger partial charge is 0.223 e. The number of halogens is 1. The van der Waals surface area contributed by atoms with Crippen molar-refractivity contribution in [3.8, 4) is 0 Å². The molecule has 25 heavy (non-hydrogen) atoms. The lowest BCUT2D eigenvalue weighted by molar-refractivity contribution is -0.132. The molecule has 1 fully saturated rings. The Balaban J connectivity index is 1.44. The van der Waals surface area contributed by atoms with E-state index in [1.54, 1.807) is 0 Å². The molecule has 4 heteroatoms. The summed E-state index contributed by atoms with van der Waals surface area (Å²) in [7, 11) is 0. The summed E-state index contributed by atoms with van der Waals surface area (Å²) in [6, 6.07) is 6.00. The van der Waals surface area contributed by atoms with Crippen LogP contribution in [-0.2, 0) is 4.79 Å². The van der Waals surface area contributed by atoms with Crippen molar-refractivity contribution < 1.29 is 4.79 Å². The van der Waals surface area contributed by atoms with Crippen molar-refractivity contribution in [2.24, 2.45) is 5.92 Å². The van der Waals surface area contributed by atoms with Gasteiger partial charge in [-0.25, -0.2) is 0 Å². The second kappa shape index (κ2) is 7.25. The van der Waals surface area contributed by atoms with Crippen LogP contribution < -0.4 is 0 Å². The highest BCUT2D eigenvalue weighted by Crippen LogP contribution is 2.33. The summed E-state index contributed by atoms with van der Waals surface area (Å²) in [5.74, 6) is 0.951. The largest absolute Gasteiger partial charge is 0.359 e. The third kappa shape index (κ3) is 3.48. The maximum atomic E-state index is 12.6. The summed E-state index contributed by atoms with van der Waals surface area (Å²) in [4.78, 5) is 17.9.